The number of alkyl halides is 6. The molecule has 248 valence electrons. The van der Waals surface area contributed by atoms with E-state index in [0.29, 0.717) is 44.3 Å². The summed E-state index contributed by atoms with van der Waals surface area (Å²) in [6.07, 6.45) is -7.13. The molecule has 1 atom stereocenters. The standard InChI is InChI=1S/C27H32F6N6O5S/c28-26(29,30)19-4-1-17(2-5-19)7-11-34-24(41)20-10-14-39(20)22-15-21(36-25(37-22)27(31,32)33)38-12-8-18(9-13-38)3-6-23(40)35-16-45(42,43)44/h1-2,4-5,15,18,20H,3,6-14,16H2,(H,34,41)(H,35,40)(H,42,43,44)/t20-/m0/s1. The van der Waals surface area contributed by atoms with Gasteiger partial charge in [0.1, 0.15) is 23.6 Å². The molecule has 0 saturated carbocycles. The summed E-state index contributed by atoms with van der Waals surface area (Å²) in [6, 6.07) is 5.17. The molecule has 4 rings (SSSR count). The van der Waals surface area contributed by atoms with Crippen LogP contribution in [-0.4, -0.2) is 72.9 Å². The van der Waals surface area contributed by atoms with Crippen molar-refractivity contribution < 1.29 is 48.9 Å². The van der Waals surface area contributed by atoms with E-state index < -0.39 is 57.6 Å². The molecule has 0 spiro atoms. The number of nitrogens with zero attached hydrogens (tertiary/aromatic N) is 4. The third-order valence-electron chi connectivity index (χ3n) is 7.73. The summed E-state index contributed by atoms with van der Waals surface area (Å²) >= 11 is 0. The molecule has 3 N–H and O–H groups in total. The first-order valence-corrected chi connectivity index (χ1v) is 15.7. The van der Waals surface area contributed by atoms with Crippen LogP contribution in [0.4, 0.5) is 38.0 Å². The Hall–Kier alpha value is -3.67. The average molecular weight is 667 g/mol. The number of carbonyl (C=O) groups excluding carboxylic acids is 2. The van der Waals surface area contributed by atoms with Crippen molar-refractivity contribution in [3.05, 3.63) is 47.3 Å². The van der Waals surface area contributed by atoms with Crippen molar-refractivity contribution in [1.29, 1.82) is 0 Å². The summed E-state index contributed by atoms with van der Waals surface area (Å²) in [5.41, 5.74) is -0.207. The van der Waals surface area contributed by atoms with Crippen LogP contribution in [0.15, 0.2) is 30.3 Å². The quantitative estimate of drug-likeness (QED) is 0.243. The third-order valence-corrected chi connectivity index (χ3v) is 8.24. The number of anilines is 2. The number of hydrogen-bond acceptors (Lipinski definition) is 8. The molecular formula is C27H32F6N6O5S. The van der Waals surface area contributed by atoms with Gasteiger partial charge in [0.25, 0.3) is 10.1 Å². The van der Waals surface area contributed by atoms with Crippen LogP contribution in [0.3, 0.4) is 0 Å². The Balaban J connectivity index is 1.34. The molecule has 45 heavy (non-hydrogen) atoms. The fourth-order valence-corrected chi connectivity index (χ4v) is 5.49. The number of amides is 2. The largest absolute Gasteiger partial charge is 0.451 e. The van der Waals surface area contributed by atoms with E-state index in [1.165, 1.54) is 23.1 Å². The minimum Gasteiger partial charge on any atom is -0.356 e. The maximum absolute atomic E-state index is 13.8. The highest BCUT2D eigenvalue weighted by Crippen LogP contribution is 2.35. The zero-order valence-corrected chi connectivity index (χ0v) is 24.7. The Bertz CT molecular complexity index is 1460. The van der Waals surface area contributed by atoms with Crippen molar-refractivity contribution in [1.82, 2.24) is 20.6 Å². The Morgan fingerprint density at radius 2 is 1.56 bits per heavy atom. The van der Waals surface area contributed by atoms with E-state index in [4.69, 9.17) is 4.55 Å². The van der Waals surface area contributed by atoms with Crippen LogP contribution in [0.1, 0.15) is 49.1 Å². The Labute approximate surface area is 255 Å². The third kappa shape index (κ3) is 9.66. The molecule has 1 aromatic carbocycles. The first kappa shape index (κ1) is 34.2. The van der Waals surface area contributed by atoms with Crippen LogP contribution in [0.5, 0.6) is 0 Å². The van der Waals surface area contributed by atoms with Gasteiger partial charge in [0.2, 0.25) is 17.6 Å². The molecule has 1 aromatic heterocycles. The van der Waals surface area contributed by atoms with Crippen LogP contribution in [0.2, 0.25) is 0 Å². The van der Waals surface area contributed by atoms with E-state index in [1.54, 1.807) is 4.90 Å². The fraction of sp³-hybridized carbons (Fsp3) is 0.556. The number of benzene rings is 1. The van der Waals surface area contributed by atoms with Gasteiger partial charge >= 0.3 is 12.4 Å². The first-order chi connectivity index (χ1) is 21.0. The van der Waals surface area contributed by atoms with Gasteiger partial charge < -0.3 is 20.4 Å². The number of aromatic nitrogens is 2. The molecule has 0 bridgehead atoms. The molecular weight excluding hydrogens is 634 g/mol. The predicted molar refractivity (Wildman–Crippen MR) is 150 cm³/mol. The summed E-state index contributed by atoms with van der Waals surface area (Å²) in [5.74, 6) is -3.16. The maximum Gasteiger partial charge on any atom is 0.451 e. The highest BCUT2D eigenvalue weighted by molar-refractivity contribution is 7.85. The lowest BCUT2D eigenvalue weighted by Gasteiger charge is -2.41. The van der Waals surface area contributed by atoms with Gasteiger partial charge in [-0.25, -0.2) is 9.97 Å². The number of carbonyl (C=O) groups is 2. The van der Waals surface area contributed by atoms with Crippen molar-refractivity contribution in [3.63, 3.8) is 0 Å². The number of piperidine rings is 1. The topological polar surface area (TPSA) is 145 Å². The Morgan fingerprint density at radius 3 is 2.11 bits per heavy atom. The molecule has 11 nitrogen and oxygen atoms in total. The number of hydrogen-bond donors (Lipinski definition) is 3. The summed E-state index contributed by atoms with van der Waals surface area (Å²) in [6.45, 7) is 1.10. The highest BCUT2D eigenvalue weighted by Gasteiger charge is 2.40. The van der Waals surface area contributed by atoms with Crippen molar-refractivity contribution in [2.24, 2.45) is 5.92 Å². The fourth-order valence-electron chi connectivity index (χ4n) is 5.15. The zero-order valence-electron chi connectivity index (χ0n) is 23.9. The average Bonchev–Trinajstić information content (AvgIpc) is 2.93. The lowest BCUT2D eigenvalue weighted by Crippen LogP contribution is -2.57. The zero-order chi connectivity index (χ0) is 33.0. The first-order valence-electron chi connectivity index (χ1n) is 14.1. The minimum absolute atomic E-state index is 0.0266. The molecule has 2 fully saturated rings. The Kier molecular flexibility index (Phi) is 10.5. The lowest BCUT2D eigenvalue weighted by atomic mass is 9.92. The second kappa shape index (κ2) is 13.8. The van der Waals surface area contributed by atoms with E-state index in [2.05, 4.69) is 20.6 Å². The van der Waals surface area contributed by atoms with Crippen molar-refractivity contribution in [2.45, 2.75) is 56.9 Å². The van der Waals surface area contributed by atoms with Gasteiger partial charge in [0.15, 0.2) is 0 Å². The van der Waals surface area contributed by atoms with Crippen LogP contribution in [-0.2, 0) is 38.5 Å². The molecule has 2 saturated heterocycles. The molecule has 2 aliphatic heterocycles. The summed E-state index contributed by atoms with van der Waals surface area (Å²) in [4.78, 5) is 35.2. The lowest BCUT2D eigenvalue weighted by molar-refractivity contribution is -0.144. The van der Waals surface area contributed by atoms with Crippen molar-refractivity contribution in [2.75, 3.05) is 41.9 Å². The molecule has 2 amide bonds. The normalized spacial score (nSPS) is 18.0. The second-order valence-corrected chi connectivity index (χ2v) is 12.4. The van der Waals surface area contributed by atoms with Gasteiger partial charge in [-0.05, 0) is 55.7 Å². The van der Waals surface area contributed by atoms with Crippen molar-refractivity contribution in [3.8, 4) is 0 Å². The van der Waals surface area contributed by atoms with Gasteiger partial charge in [-0.2, -0.15) is 34.8 Å². The van der Waals surface area contributed by atoms with Crippen LogP contribution >= 0.6 is 0 Å². The molecule has 0 radical (unpaired) electrons. The molecule has 18 heteroatoms. The van der Waals surface area contributed by atoms with E-state index in [9.17, 15) is 44.3 Å². The highest BCUT2D eigenvalue weighted by atomic mass is 32.2. The number of rotatable bonds is 11. The van der Waals surface area contributed by atoms with E-state index >= 15 is 0 Å². The molecule has 2 aromatic rings. The van der Waals surface area contributed by atoms with E-state index in [1.807, 2.05) is 0 Å². The summed E-state index contributed by atoms with van der Waals surface area (Å²) in [7, 11) is -4.34. The van der Waals surface area contributed by atoms with Gasteiger partial charge in [-0.3, -0.25) is 14.1 Å². The molecule has 0 aliphatic carbocycles. The van der Waals surface area contributed by atoms with Gasteiger partial charge in [0, 0.05) is 38.7 Å². The van der Waals surface area contributed by atoms with E-state index in [0.717, 1.165) is 12.1 Å². The summed E-state index contributed by atoms with van der Waals surface area (Å²) in [5, 5.41) is 4.79. The molecule has 3 heterocycles. The van der Waals surface area contributed by atoms with E-state index in [-0.39, 0.29) is 43.5 Å². The number of nitrogens with one attached hydrogen (secondary N) is 2. The number of halogens is 6. The van der Waals surface area contributed by atoms with Crippen molar-refractivity contribution >= 4 is 33.6 Å². The molecule has 2 aliphatic rings. The summed E-state index contributed by atoms with van der Waals surface area (Å²) < 4.78 is 110. The second-order valence-electron chi connectivity index (χ2n) is 10.9. The smallest absolute Gasteiger partial charge is 0.356 e. The van der Waals surface area contributed by atoms with Gasteiger partial charge in [-0.1, -0.05) is 12.1 Å². The predicted octanol–water partition coefficient (Wildman–Crippen LogP) is 3.41. The minimum atomic E-state index is -4.84. The maximum atomic E-state index is 13.8. The Morgan fingerprint density at radius 1 is 0.911 bits per heavy atom. The van der Waals surface area contributed by atoms with Crippen LogP contribution < -0.4 is 20.4 Å². The van der Waals surface area contributed by atoms with Gasteiger partial charge in [-0.15, -0.1) is 0 Å². The SMILES string of the molecule is O=C(CCC1CCN(c2cc(N3CC[C@H]3C(=O)NCCc3ccc(C(F)(F)F)cc3)nc(C(F)(F)F)n2)CC1)NCS(=O)(=O)O. The monoisotopic (exact) mass is 666 g/mol. The van der Waals surface area contributed by atoms with Crippen LogP contribution in [0, 0.1) is 5.92 Å². The molecule has 0 unspecified atom stereocenters. The van der Waals surface area contributed by atoms with Gasteiger partial charge in [0.05, 0.1) is 5.56 Å². The van der Waals surface area contributed by atoms with Crippen LogP contribution in [0.25, 0.3) is 0 Å².